The van der Waals surface area contributed by atoms with E-state index in [0.29, 0.717) is 17.7 Å². The van der Waals surface area contributed by atoms with E-state index in [9.17, 15) is 4.79 Å². The number of hydrogen-bond donors (Lipinski definition) is 0. The summed E-state index contributed by atoms with van der Waals surface area (Å²) in [5, 5.41) is 9.00. The van der Waals surface area contributed by atoms with Crippen LogP contribution in [0.1, 0.15) is 62.5 Å². The Morgan fingerprint density at radius 1 is 1.04 bits per heavy atom. The Bertz CT molecular complexity index is 607. The Kier molecular flexibility index (Phi) is 5.06. The molecule has 6 heteroatoms. The number of carbonyl (C=O) groups is 1. The van der Waals surface area contributed by atoms with Crippen LogP contribution in [0.4, 0.5) is 0 Å². The van der Waals surface area contributed by atoms with E-state index in [1.807, 2.05) is 0 Å². The first-order valence-corrected chi connectivity index (χ1v) is 10.1. The van der Waals surface area contributed by atoms with Crippen LogP contribution < -0.4 is 0 Å². The SMILES string of the molecule is CN1CCCC(c2nnc3n2CCN(C(=O)CC2CCCC2)CC3)C1. The van der Waals surface area contributed by atoms with Gasteiger partial charge in [-0.3, -0.25) is 4.79 Å². The van der Waals surface area contributed by atoms with Crippen LogP contribution in [0.5, 0.6) is 0 Å². The molecule has 1 atom stereocenters. The summed E-state index contributed by atoms with van der Waals surface area (Å²) in [5.74, 6) is 3.68. The van der Waals surface area contributed by atoms with Gasteiger partial charge < -0.3 is 14.4 Å². The summed E-state index contributed by atoms with van der Waals surface area (Å²) in [5.41, 5.74) is 0. The van der Waals surface area contributed by atoms with Crippen LogP contribution in [-0.2, 0) is 17.8 Å². The Balaban J connectivity index is 1.41. The van der Waals surface area contributed by atoms with Gasteiger partial charge in [0.1, 0.15) is 11.6 Å². The molecule has 2 aliphatic heterocycles. The van der Waals surface area contributed by atoms with Crippen molar-refractivity contribution in [1.82, 2.24) is 24.6 Å². The van der Waals surface area contributed by atoms with E-state index >= 15 is 0 Å². The number of piperidine rings is 1. The number of hydrogen-bond acceptors (Lipinski definition) is 4. The number of aromatic nitrogens is 3. The lowest BCUT2D eigenvalue weighted by molar-refractivity contribution is -0.132. The number of fused-ring (bicyclic) bond motifs is 1. The fourth-order valence-electron chi connectivity index (χ4n) is 4.86. The summed E-state index contributed by atoms with van der Waals surface area (Å²) in [6.07, 6.45) is 9.11. The first-order valence-electron chi connectivity index (χ1n) is 10.1. The lowest BCUT2D eigenvalue weighted by Gasteiger charge is -2.29. The minimum absolute atomic E-state index is 0.351. The third kappa shape index (κ3) is 3.73. The maximum Gasteiger partial charge on any atom is 0.222 e. The highest BCUT2D eigenvalue weighted by atomic mass is 16.2. The van der Waals surface area contributed by atoms with Crippen LogP contribution in [0.25, 0.3) is 0 Å². The summed E-state index contributed by atoms with van der Waals surface area (Å²) in [4.78, 5) is 17.1. The first-order chi connectivity index (χ1) is 12.2. The first kappa shape index (κ1) is 17.0. The molecule has 3 heterocycles. The molecule has 1 amide bonds. The van der Waals surface area contributed by atoms with Gasteiger partial charge in [-0.05, 0) is 45.2 Å². The Hall–Kier alpha value is -1.43. The number of amides is 1. The molecular weight excluding hydrogens is 314 g/mol. The van der Waals surface area contributed by atoms with Crippen molar-refractivity contribution in [2.45, 2.75) is 63.8 Å². The van der Waals surface area contributed by atoms with Gasteiger partial charge in [-0.15, -0.1) is 10.2 Å². The largest absolute Gasteiger partial charge is 0.340 e. The summed E-state index contributed by atoms with van der Waals surface area (Å²) in [7, 11) is 2.19. The number of nitrogens with zero attached hydrogens (tertiary/aromatic N) is 5. The van der Waals surface area contributed by atoms with Crippen LogP contribution >= 0.6 is 0 Å². The molecule has 0 radical (unpaired) electrons. The van der Waals surface area contributed by atoms with E-state index in [1.54, 1.807) is 0 Å². The second-order valence-electron chi connectivity index (χ2n) is 8.21. The lowest BCUT2D eigenvalue weighted by Crippen LogP contribution is -2.35. The topological polar surface area (TPSA) is 54.3 Å². The monoisotopic (exact) mass is 345 g/mol. The van der Waals surface area contributed by atoms with Crippen molar-refractivity contribution in [2.75, 3.05) is 33.2 Å². The zero-order valence-electron chi connectivity index (χ0n) is 15.5. The molecule has 1 saturated heterocycles. The van der Waals surface area contributed by atoms with Gasteiger partial charge in [-0.25, -0.2) is 0 Å². The third-order valence-corrected chi connectivity index (χ3v) is 6.34. The standard InChI is InChI=1S/C19H31N5O/c1-22-9-4-7-16(14-22)19-21-20-17-8-10-23(11-12-24(17)19)18(25)13-15-5-2-3-6-15/h15-16H,2-14H2,1H3. The van der Waals surface area contributed by atoms with E-state index < -0.39 is 0 Å². The van der Waals surface area contributed by atoms with E-state index in [-0.39, 0.29) is 0 Å². The maximum atomic E-state index is 12.7. The molecule has 0 spiro atoms. The minimum atomic E-state index is 0.351. The minimum Gasteiger partial charge on any atom is -0.340 e. The molecular formula is C19H31N5O. The van der Waals surface area contributed by atoms with Gasteiger partial charge in [0.25, 0.3) is 0 Å². The van der Waals surface area contributed by atoms with E-state index in [0.717, 1.165) is 50.7 Å². The molecule has 25 heavy (non-hydrogen) atoms. The summed E-state index contributed by atoms with van der Waals surface area (Å²) in [6, 6.07) is 0. The van der Waals surface area contributed by atoms with E-state index in [4.69, 9.17) is 0 Å². The molecule has 0 N–H and O–H groups in total. The number of carbonyl (C=O) groups excluding carboxylic acids is 1. The van der Waals surface area contributed by atoms with Crippen LogP contribution in [0.15, 0.2) is 0 Å². The van der Waals surface area contributed by atoms with Gasteiger partial charge in [0, 0.05) is 44.9 Å². The highest BCUT2D eigenvalue weighted by Gasteiger charge is 2.28. The highest BCUT2D eigenvalue weighted by Crippen LogP contribution is 2.29. The quantitative estimate of drug-likeness (QED) is 0.841. The third-order valence-electron chi connectivity index (χ3n) is 6.34. The molecule has 0 bridgehead atoms. The zero-order valence-corrected chi connectivity index (χ0v) is 15.5. The van der Waals surface area contributed by atoms with Crippen LogP contribution in [0.2, 0.25) is 0 Å². The van der Waals surface area contributed by atoms with Gasteiger partial charge in [-0.2, -0.15) is 0 Å². The van der Waals surface area contributed by atoms with Crippen LogP contribution in [0, 0.1) is 5.92 Å². The molecule has 6 nitrogen and oxygen atoms in total. The van der Waals surface area contributed by atoms with Gasteiger partial charge in [0.15, 0.2) is 0 Å². The molecule has 0 aromatic carbocycles. The van der Waals surface area contributed by atoms with E-state index in [1.165, 1.54) is 45.1 Å². The van der Waals surface area contributed by atoms with Crippen molar-refractivity contribution in [1.29, 1.82) is 0 Å². The predicted molar refractivity (Wildman–Crippen MR) is 96.4 cm³/mol. The number of rotatable bonds is 3. The average molecular weight is 345 g/mol. The molecule has 1 saturated carbocycles. The molecule has 1 aromatic rings. The van der Waals surface area contributed by atoms with E-state index in [2.05, 4.69) is 31.6 Å². The second-order valence-corrected chi connectivity index (χ2v) is 8.21. The fourth-order valence-corrected chi connectivity index (χ4v) is 4.86. The zero-order chi connectivity index (χ0) is 17.2. The fraction of sp³-hybridized carbons (Fsp3) is 0.842. The van der Waals surface area contributed by atoms with Crippen molar-refractivity contribution >= 4 is 5.91 Å². The van der Waals surface area contributed by atoms with Crippen molar-refractivity contribution in [3.8, 4) is 0 Å². The van der Waals surface area contributed by atoms with Gasteiger partial charge in [-0.1, -0.05) is 12.8 Å². The molecule has 138 valence electrons. The van der Waals surface area contributed by atoms with Crippen molar-refractivity contribution < 1.29 is 4.79 Å². The van der Waals surface area contributed by atoms with Crippen molar-refractivity contribution in [3.63, 3.8) is 0 Å². The summed E-state index contributed by atoms with van der Waals surface area (Å²) in [6.45, 7) is 4.72. The summed E-state index contributed by atoms with van der Waals surface area (Å²) >= 11 is 0. The smallest absolute Gasteiger partial charge is 0.222 e. The predicted octanol–water partition coefficient (Wildman–Crippen LogP) is 2.05. The Morgan fingerprint density at radius 2 is 1.88 bits per heavy atom. The number of likely N-dealkylation sites (tertiary alicyclic amines) is 1. The second kappa shape index (κ2) is 7.44. The van der Waals surface area contributed by atoms with Crippen LogP contribution in [-0.4, -0.2) is 63.7 Å². The average Bonchev–Trinajstić information content (AvgIpc) is 3.20. The highest BCUT2D eigenvalue weighted by molar-refractivity contribution is 5.76. The maximum absolute atomic E-state index is 12.7. The molecule has 1 aromatic heterocycles. The van der Waals surface area contributed by atoms with Crippen molar-refractivity contribution in [2.24, 2.45) is 5.92 Å². The normalized spacial score (nSPS) is 25.8. The summed E-state index contributed by atoms with van der Waals surface area (Å²) < 4.78 is 2.31. The molecule has 1 unspecified atom stereocenters. The van der Waals surface area contributed by atoms with Gasteiger partial charge in [0.2, 0.25) is 5.91 Å². The van der Waals surface area contributed by atoms with Crippen LogP contribution in [0.3, 0.4) is 0 Å². The molecule has 1 aliphatic carbocycles. The number of likely N-dealkylation sites (N-methyl/N-ethyl adjacent to an activating group) is 1. The van der Waals surface area contributed by atoms with Gasteiger partial charge >= 0.3 is 0 Å². The Morgan fingerprint density at radius 3 is 2.68 bits per heavy atom. The van der Waals surface area contributed by atoms with Gasteiger partial charge in [0.05, 0.1) is 0 Å². The Labute approximate surface area is 150 Å². The lowest BCUT2D eigenvalue weighted by atomic mass is 9.97. The van der Waals surface area contributed by atoms with Crippen molar-refractivity contribution in [3.05, 3.63) is 11.6 Å². The molecule has 3 aliphatic rings. The molecule has 4 rings (SSSR count). The molecule has 2 fully saturated rings.